The number of nitrogens with one attached hydrogen (secondary N) is 1. The number of rotatable bonds is 8. The molecule has 1 heterocycles. The normalized spacial score (nSPS) is 11.6. The molecule has 1 N–H and O–H groups in total. The summed E-state index contributed by atoms with van der Waals surface area (Å²) in [6, 6.07) is 24.5. The fourth-order valence-corrected chi connectivity index (χ4v) is 3.05. The quantitative estimate of drug-likeness (QED) is 0.409. The van der Waals surface area contributed by atoms with Crippen molar-refractivity contribution in [3.8, 4) is 28.6 Å². The summed E-state index contributed by atoms with van der Waals surface area (Å²) < 4.78 is 17.0. The van der Waals surface area contributed by atoms with Crippen LogP contribution in [0.3, 0.4) is 0 Å². The maximum atomic E-state index is 11.2. The van der Waals surface area contributed by atoms with Gasteiger partial charge in [0.05, 0.1) is 0 Å². The van der Waals surface area contributed by atoms with Crippen LogP contribution in [0.1, 0.15) is 31.3 Å². The molecule has 3 aromatic carbocycles. The van der Waals surface area contributed by atoms with Crippen LogP contribution in [0, 0.1) is 0 Å². The van der Waals surface area contributed by atoms with Crippen molar-refractivity contribution in [1.29, 1.82) is 0 Å². The van der Waals surface area contributed by atoms with E-state index in [4.69, 9.17) is 14.0 Å². The van der Waals surface area contributed by atoms with E-state index in [-0.39, 0.29) is 11.9 Å². The van der Waals surface area contributed by atoms with Crippen LogP contribution in [0.25, 0.3) is 11.4 Å². The Labute approximate surface area is 186 Å². The second kappa shape index (κ2) is 9.78. The predicted molar refractivity (Wildman–Crippen MR) is 119 cm³/mol. The van der Waals surface area contributed by atoms with Crippen LogP contribution < -0.4 is 14.8 Å². The fraction of sp³-hybridized carbons (Fsp3) is 0.160. The van der Waals surface area contributed by atoms with Crippen LogP contribution in [-0.2, 0) is 11.4 Å². The summed E-state index contributed by atoms with van der Waals surface area (Å²) in [6.07, 6.45) is 0. The summed E-state index contributed by atoms with van der Waals surface area (Å²) in [4.78, 5) is 15.5. The van der Waals surface area contributed by atoms with E-state index in [0.29, 0.717) is 29.8 Å². The molecule has 0 fully saturated rings. The highest BCUT2D eigenvalue weighted by Crippen LogP contribution is 2.27. The molecule has 1 amide bonds. The van der Waals surface area contributed by atoms with E-state index in [1.165, 1.54) is 6.92 Å². The molecule has 162 valence electrons. The molecule has 1 aromatic heterocycles. The summed E-state index contributed by atoms with van der Waals surface area (Å²) in [6.45, 7) is 3.75. The van der Waals surface area contributed by atoms with Crippen molar-refractivity contribution in [2.24, 2.45) is 0 Å². The number of carbonyl (C=O) groups excluding carboxylic acids is 1. The molecule has 0 aliphatic rings. The first-order valence-electron chi connectivity index (χ1n) is 10.2. The molecular formula is C25H23N3O4. The summed E-state index contributed by atoms with van der Waals surface area (Å²) >= 11 is 0. The first-order chi connectivity index (χ1) is 15.6. The van der Waals surface area contributed by atoms with Gasteiger partial charge in [-0.2, -0.15) is 4.98 Å². The minimum Gasteiger partial charge on any atom is -0.489 e. The van der Waals surface area contributed by atoms with E-state index in [0.717, 1.165) is 16.9 Å². The smallest absolute Gasteiger partial charge is 0.249 e. The van der Waals surface area contributed by atoms with Crippen LogP contribution in [0.5, 0.6) is 17.2 Å². The zero-order valence-electron chi connectivity index (χ0n) is 17.8. The second-order valence-electron chi connectivity index (χ2n) is 7.25. The third-order valence-electron chi connectivity index (χ3n) is 4.65. The van der Waals surface area contributed by atoms with Gasteiger partial charge < -0.3 is 19.3 Å². The van der Waals surface area contributed by atoms with Crippen molar-refractivity contribution >= 4 is 5.91 Å². The highest BCUT2D eigenvalue weighted by atomic mass is 16.5. The number of carbonyl (C=O) groups is 1. The minimum atomic E-state index is -0.351. The molecule has 4 aromatic rings. The fourth-order valence-electron chi connectivity index (χ4n) is 3.05. The monoisotopic (exact) mass is 429 g/mol. The third-order valence-corrected chi connectivity index (χ3v) is 4.65. The molecule has 7 nitrogen and oxygen atoms in total. The van der Waals surface area contributed by atoms with Crippen LogP contribution >= 0.6 is 0 Å². The summed E-state index contributed by atoms with van der Waals surface area (Å²) in [7, 11) is 0. The molecule has 0 saturated heterocycles. The van der Waals surface area contributed by atoms with Crippen molar-refractivity contribution in [1.82, 2.24) is 15.5 Å². The summed E-state index contributed by atoms with van der Waals surface area (Å²) in [5, 5.41) is 6.70. The van der Waals surface area contributed by atoms with Gasteiger partial charge in [-0.15, -0.1) is 0 Å². The van der Waals surface area contributed by atoms with Gasteiger partial charge in [-0.3, -0.25) is 4.79 Å². The number of ether oxygens (including phenoxy) is 2. The number of hydrogen-bond acceptors (Lipinski definition) is 6. The first-order valence-corrected chi connectivity index (χ1v) is 10.2. The Morgan fingerprint density at radius 3 is 2.22 bits per heavy atom. The zero-order valence-corrected chi connectivity index (χ0v) is 17.8. The predicted octanol–water partition coefficient (Wildman–Crippen LogP) is 5.31. The number of aromatic nitrogens is 2. The number of benzene rings is 3. The average molecular weight is 429 g/mol. The second-order valence-corrected chi connectivity index (χ2v) is 7.25. The molecular weight excluding hydrogens is 406 g/mol. The molecule has 0 saturated carbocycles. The largest absolute Gasteiger partial charge is 0.489 e. The molecule has 0 radical (unpaired) electrons. The summed E-state index contributed by atoms with van der Waals surface area (Å²) in [5.41, 5.74) is 1.90. The third kappa shape index (κ3) is 5.51. The molecule has 4 rings (SSSR count). The lowest BCUT2D eigenvalue weighted by Crippen LogP contribution is -2.23. The lowest BCUT2D eigenvalue weighted by atomic mass is 10.2. The Morgan fingerprint density at radius 1 is 0.938 bits per heavy atom. The zero-order chi connectivity index (χ0) is 22.3. The van der Waals surface area contributed by atoms with Gasteiger partial charge >= 0.3 is 0 Å². The standard InChI is InChI=1S/C25H23N3O4/c1-17(26-18(2)29)25-27-24(28-32-25)20-8-10-22(11-9-20)31-23-14-12-21(13-15-23)30-16-19-6-4-3-5-7-19/h3-15,17H,16H2,1-2H3,(H,26,29)/t17-/m1/s1. The lowest BCUT2D eigenvalue weighted by molar-refractivity contribution is -0.119. The van der Waals surface area contributed by atoms with E-state index in [9.17, 15) is 4.79 Å². The van der Waals surface area contributed by atoms with Gasteiger partial charge in [0.25, 0.3) is 0 Å². The Balaban J connectivity index is 1.34. The molecule has 0 bridgehead atoms. The van der Waals surface area contributed by atoms with Crippen molar-refractivity contribution in [2.45, 2.75) is 26.5 Å². The van der Waals surface area contributed by atoms with Crippen LogP contribution in [0.15, 0.2) is 83.4 Å². The van der Waals surface area contributed by atoms with Crippen molar-refractivity contribution in [3.05, 3.63) is 90.3 Å². The van der Waals surface area contributed by atoms with Gasteiger partial charge in [-0.25, -0.2) is 0 Å². The Morgan fingerprint density at radius 2 is 1.56 bits per heavy atom. The minimum absolute atomic E-state index is 0.158. The molecule has 0 spiro atoms. The first kappa shape index (κ1) is 21.1. The summed E-state index contributed by atoms with van der Waals surface area (Å²) in [5.74, 6) is 2.80. The highest BCUT2D eigenvalue weighted by molar-refractivity contribution is 5.73. The van der Waals surface area contributed by atoms with E-state index >= 15 is 0 Å². The molecule has 1 atom stereocenters. The highest BCUT2D eigenvalue weighted by Gasteiger charge is 2.16. The van der Waals surface area contributed by atoms with E-state index in [2.05, 4.69) is 15.5 Å². The van der Waals surface area contributed by atoms with Crippen molar-refractivity contribution in [3.63, 3.8) is 0 Å². The van der Waals surface area contributed by atoms with Crippen molar-refractivity contribution < 1.29 is 18.8 Å². The molecule has 7 heteroatoms. The Bertz CT molecular complexity index is 1160. The Hall–Kier alpha value is -4.13. The topological polar surface area (TPSA) is 86.5 Å². The van der Waals surface area contributed by atoms with Crippen LogP contribution in [0.2, 0.25) is 0 Å². The number of hydrogen-bond donors (Lipinski definition) is 1. The molecule has 0 aliphatic carbocycles. The SMILES string of the molecule is CC(=O)N[C@H](C)c1nc(-c2ccc(Oc3ccc(OCc4ccccc4)cc3)cc2)no1. The van der Waals surface area contributed by atoms with Crippen LogP contribution in [-0.4, -0.2) is 16.0 Å². The van der Waals surface area contributed by atoms with E-state index < -0.39 is 0 Å². The lowest BCUT2D eigenvalue weighted by Gasteiger charge is -2.09. The average Bonchev–Trinajstić information content (AvgIpc) is 3.30. The van der Waals surface area contributed by atoms with Gasteiger partial charge in [0.1, 0.15) is 29.9 Å². The van der Waals surface area contributed by atoms with Gasteiger partial charge in [0.15, 0.2) is 0 Å². The van der Waals surface area contributed by atoms with Gasteiger partial charge in [0.2, 0.25) is 17.6 Å². The maximum absolute atomic E-state index is 11.2. The molecule has 32 heavy (non-hydrogen) atoms. The van der Waals surface area contributed by atoms with Gasteiger partial charge in [-0.1, -0.05) is 35.5 Å². The molecule has 0 aliphatic heterocycles. The number of amides is 1. The van der Waals surface area contributed by atoms with Crippen molar-refractivity contribution in [2.75, 3.05) is 0 Å². The van der Waals surface area contributed by atoms with Gasteiger partial charge in [-0.05, 0) is 61.0 Å². The molecule has 0 unspecified atom stereocenters. The number of nitrogens with zero attached hydrogens (tertiary/aromatic N) is 2. The van der Waals surface area contributed by atoms with Crippen LogP contribution in [0.4, 0.5) is 0 Å². The van der Waals surface area contributed by atoms with E-state index in [1.54, 1.807) is 6.92 Å². The van der Waals surface area contributed by atoms with E-state index in [1.807, 2.05) is 78.9 Å². The van der Waals surface area contributed by atoms with Gasteiger partial charge in [0, 0.05) is 12.5 Å². The Kier molecular flexibility index (Phi) is 6.46. The maximum Gasteiger partial charge on any atom is 0.249 e.